The van der Waals surface area contributed by atoms with Crippen molar-refractivity contribution in [1.82, 2.24) is 4.90 Å². The van der Waals surface area contributed by atoms with E-state index in [2.05, 4.69) is 0 Å². The van der Waals surface area contributed by atoms with Gasteiger partial charge < -0.3 is 10.0 Å². The van der Waals surface area contributed by atoms with E-state index in [9.17, 15) is 9.90 Å². The molecule has 1 aromatic rings. The quantitative estimate of drug-likeness (QED) is 0.905. The van der Waals surface area contributed by atoms with Crippen molar-refractivity contribution in [3.8, 4) is 0 Å². The highest BCUT2D eigenvalue weighted by atomic mass is 35.5. The summed E-state index contributed by atoms with van der Waals surface area (Å²) in [5.74, 6) is -0.810. The predicted octanol–water partition coefficient (Wildman–Crippen LogP) is 3.12. The molecule has 0 fully saturated rings. The van der Waals surface area contributed by atoms with Crippen molar-refractivity contribution in [3.05, 3.63) is 21.3 Å². The van der Waals surface area contributed by atoms with Crippen LogP contribution in [0.4, 0.5) is 0 Å². The van der Waals surface area contributed by atoms with Crippen LogP contribution in [0.2, 0.25) is 4.34 Å². The highest BCUT2D eigenvalue weighted by molar-refractivity contribution is 7.16. The van der Waals surface area contributed by atoms with Gasteiger partial charge in [0, 0.05) is 4.88 Å². The minimum atomic E-state index is -0.850. The molecule has 0 amide bonds. The Morgan fingerprint density at radius 3 is 2.38 bits per heavy atom. The summed E-state index contributed by atoms with van der Waals surface area (Å²) in [4.78, 5) is 14.2. The minimum absolute atomic E-state index is 0.178. The minimum Gasteiger partial charge on any atom is -0.481 e. The molecule has 1 atom stereocenters. The lowest BCUT2D eigenvalue weighted by atomic mass is 9.83. The molecule has 0 aliphatic rings. The van der Waals surface area contributed by atoms with Crippen LogP contribution in [-0.2, 0) is 4.79 Å². The van der Waals surface area contributed by atoms with Crippen LogP contribution in [-0.4, -0.2) is 30.1 Å². The van der Waals surface area contributed by atoms with Crippen LogP contribution >= 0.6 is 22.9 Å². The summed E-state index contributed by atoms with van der Waals surface area (Å²) in [6.07, 6.45) is 0. The van der Waals surface area contributed by atoms with Crippen LogP contribution in [0.15, 0.2) is 12.1 Å². The molecular weight excluding hydrogens is 246 g/mol. The molecule has 16 heavy (non-hydrogen) atoms. The summed E-state index contributed by atoms with van der Waals surface area (Å²) in [5.41, 5.74) is -0.850. The Kier molecular flexibility index (Phi) is 3.99. The Bertz CT molecular complexity index is 387. The molecule has 0 spiro atoms. The van der Waals surface area contributed by atoms with Gasteiger partial charge in [-0.25, -0.2) is 0 Å². The molecule has 0 saturated heterocycles. The molecule has 90 valence electrons. The molecule has 1 aromatic heterocycles. The maximum absolute atomic E-state index is 11.3. The topological polar surface area (TPSA) is 40.5 Å². The van der Waals surface area contributed by atoms with E-state index in [-0.39, 0.29) is 6.04 Å². The number of thiophene rings is 1. The number of halogens is 1. The number of carboxylic acids is 1. The second-order valence-electron chi connectivity index (χ2n) is 4.53. The van der Waals surface area contributed by atoms with E-state index in [1.807, 2.05) is 25.1 Å². The molecule has 1 heterocycles. The molecule has 5 heteroatoms. The van der Waals surface area contributed by atoms with Crippen molar-refractivity contribution in [1.29, 1.82) is 0 Å². The molecule has 3 nitrogen and oxygen atoms in total. The summed E-state index contributed by atoms with van der Waals surface area (Å²) in [6.45, 7) is 3.46. The molecule has 1 rings (SSSR count). The predicted molar refractivity (Wildman–Crippen MR) is 67.2 cm³/mol. The average molecular weight is 262 g/mol. The molecule has 0 saturated carbocycles. The second kappa shape index (κ2) is 4.73. The summed E-state index contributed by atoms with van der Waals surface area (Å²) in [7, 11) is 3.76. The first-order valence-corrected chi connectivity index (χ1v) is 6.11. The number of aliphatic carboxylic acids is 1. The van der Waals surface area contributed by atoms with Crippen molar-refractivity contribution in [2.75, 3.05) is 14.1 Å². The van der Waals surface area contributed by atoms with Crippen molar-refractivity contribution in [2.24, 2.45) is 5.41 Å². The molecule has 1 unspecified atom stereocenters. The monoisotopic (exact) mass is 261 g/mol. The summed E-state index contributed by atoms with van der Waals surface area (Å²) < 4.78 is 0.683. The molecule has 0 aromatic carbocycles. The van der Waals surface area contributed by atoms with E-state index < -0.39 is 11.4 Å². The van der Waals surface area contributed by atoms with Crippen molar-refractivity contribution in [2.45, 2.75) is 19.9 Å². The Labute approximate surface area is 105 Å². The fourth-order valence-corrected chi connectivity index (χ4v) is 3.29. The number of hydrogen-bond acceptors (Lipinski definition) is 3. The largest absolute Gasteiger partial charge is 0.481 e. The van der Waals surface area contributed by atoms with Gasteiger partial charge in [-0.3, -0.25) is 4.79 Å². The van der Waals surface area contributed by atoms with Crippen LogP contribution < -0.4 is 0 Å². The molecular formula is C11H16ClNO2S. The molecule has 0 aliphatic heterocycles. The second-order valence-corrected chi connectivity index (χ2v) is 6.28. The first kappa shape index (κ1) is 13.5. The smallest absolute Gasteiger partial charge is 0.311 e. The third kappa shape index (κ3) is 2.56. The van der Waals surface area contributed by atoms with Crippen molar-refractivity contribution in [3.63, 3.8) is 0 Å². The normalized spacial score (nSPS) is 14.1. The number of hydrogen-bond donors (Lipinski definition) is 1. The summed E-state index contributed by atoms with van der Waals surface area (Å²) in [6, 6.07) is 3.51. The Morgan fingerprint density at radius 2 is 2.06 bits per heavy atom. The van der Waals surface area contributed by atoms with Gasteiger partial charge in [0.2, 0.25) is 0 Å². The van der Waals surface area contributed by atoms with Crippen molar-refractivity contribution >= 4 is 28.9 Å². The van der Waals surface area contributed by atoms with Gasteiger partial charge in [0.05, 0.1) is 15.8 Å². The van der Waals surface area contributed by atoms with Gasteiger partial charge in [-0.2, -0.15) is 0 Å². The van der Waals surface area contributed by atoms with Gasteiger partial charge in [0.25, 0.3) is 0 Å². The molecule has 0 aliphatic carbocycles. The number of rotatable bonds is 4. The van der Waals surface area contributed by atoms with Crippen LogP contribution in [0.3, 0.4) is 0 Å². The van der Waals surface area contributed by atoms with Gasteiger partial charge >= 0.3 is 5.97 Å². The highest BCUT2D eigenvalue weighted by Crippen LogP contribution is 2.41. The number of carbonyl (C=O) groups is 1. The lowest BCUT2D eigenvalue weighted by molar-refractivity contribution is -0.150. The van der Waals surface area contributed by atoms with Crippen molar-refractivity contribution < 1.29 is 9.90 Å². The summed E-state index contributed by atoms with van der Waals surface area (Å²) >= 11 is 7.32. The van der Waals surface area contributed by atoms with E-state index in [1.54, 1.807) is 19.9 Å². The zero-order chi connectivity index (χ0) is 12.5. The fourth-order valence-electron chi connectivity index (χ4n) is 1.85. The Balaban J connectivity index is 3.15. The number of nitrogens with zero attached hydrogens (tertiary/aromatic N) is 1. The highest BCUT2D eigenvalue weighted by Gasteiger charge is 2.40. The van der Waals surface area contributed by atoms with Gasteiger partial charge in [0.15, 0.2) is 0 Å². The van der Waals surface area contributed by atoms with E-state index in [1.165, 1.54) is 11.3 Å². The third-order valence-electron chi connectivity index (χ3n) is 2.61. The van der Waals surface area contributed by atoms with Gasteiger partial charge in [-0.1, -0.05) is 11.6 Å². The zero-order valence-electron chi connectivity index (χ0n) is 9.82. The average Bonchev–Trinajstić information content (AvgIpc) is 2.50. The number of carboxylic acid groups (broad SMARTS) is 1. The third-order valence-corrected chi connectivity index (χ3v) is 3.90. The van der Waals surface area contributed by atoms with E-state index in [0.717, 1.165) is 4.88 Å². The van der Waals surface area contributed by atoms with E-state index in [4.69, 9.17) is 11.6 Å². The SMILES string of the molecule is CN(C)C(c1ccc(Cl)s1)C(C)(C)C(=O)O. The maximum Gasteiger partial charge on any atom is 0.311 e. The lowest BCUT2D eigenvalue weighted by Gasteiger charge is -2.34. The fraction of sp³-hybridized carbons (Fsp3) is 0.545. The molecule has 1 N–H and O–H groups in total. The van der Waals surface area contributed by atoms with Gasteiger partial charge in [-0.15, -0.1) is 11.3 Å². The van der Waals surface area contributed by atoms with Gasteiger partial charge in [-0.05, 0) is 40.1 Å². The lowest BCUT2D eigenvalue weighted by Crippen LogP contribution is -2.38. The van der Waals surface area contributed by atoms with Crippen LogP contribution in [0.25, 0.3) is 0 Å². The van der Waals surface area contributed by atoms with Crippen LogP contribution in [0.5, 0.6) is 0 Å². The van der Waals surface area contributed by atoms with Crippen LogP contribution in [0.1, 0.15) is 24.8 Å². The summed E-state index contributed by atoms with van der Waals surface area (Å²) in [5, 5.41) is 9.27. The maximum atomic E-state index is 11.3. The van der Waals surface area contributed by atoms with Crippen LogP contribution in [0, 0.1) is 5.41 Å². The van der Waals surface area contributed by atoms with Gasteiger partial charge in [0.1, 0.15) is 0 Å². The molecule has 0 radical (unpaired) electrons. The Morgan fingerprint density at radius 1 is 1.50 bits per heavy atom. The van der Waals surface area contributed by atoms with E-state index >= 15 is 0 Å². The Hall–Kier alpha value is -0.580. The zero-order valence-corrected chi connectivity index (χ0v) is 11.4. The van der Waals surface area contributed by atoms with E-state index in [0.29, 0.717) is 4.34 Å². The standard InChI is InChI=1S/C11H16ClNO2S/c1-11(2,10(14)15)9(13(3)4)7-5-6-8(12)16-7/h5-6,9H,1-4H3,(H,14,15). The first-order valence-electron chi connectivity index (χ1n) is 4.92. The first-order chi connectivity index (χ1) is 7.26. The molecule has 0 bridgehead atoms.